The second-order valence-corrected chi connectivity index (χ2v) is 4.55. The van der Waals surface area contributed by atoms with E-state index in [0.29, 0.717) is 27.7 Å². The summed E-state index contributed by atoms with van der Waals surface area (Å²) in [5.41, 5.74) is 3.84. The van der Waals surface area contributed by atoms with Crippen molar-refractivity contribution in [1.82, 2.24) is 20.2 Å². The van der Waals surface area contributed by atoms with Crippen LogP contribution in [0.3, 0.4) is 0 Å². The molecule has 0 bridgehead atoms. The summed E-state index contributed by atoms with van der Waals surface area (Å²) in [5, 5.41) is 8.00. The van der Waals surface area contributed by atoms with E-state index in [1.54, 1.807) is 18.3 Å². The first-order valence-corrected chi connectivity index (χ1v) is 6.17. The van der Waals surface area contributed by atoms with Crippen molar-refractivity contribution in [3.8, 4) is 11.6 Å². The van der Waals surface area contributed by atoms with Crippen LogP contribution in [-0.4, -0.2) is 20.2 Å². The van der Waals surface area contributed by atoms with Gasteiger partial charge in [0.2, 0.25) is 11.8 Å². The number of aromatic nitrogens is 4. The molecule has 102 valence electrons. The second kappa shape index (κ2) is 4.95. The molecule has 1 aromatic carbocycles. The second-order valence-electron chi connectivity index (χ2n) is 4.14. The third kappa shape index (κ3) is 2.24. The van der Waals surface area contributed by atoms with Crippen molar-refractivity contribution in [2.24, 2.45) is 5.84 Å². The molecule has 0 fully saturated rings. The maximum absolute atomic E-state index is 5.99. The summed E-state index contributed by atoms with van der Waals surface area (Å²) in [5.74, 6) is 6.55. The molecule has 0 unspecified atom stereocenters. The Hall–Kier alpha value is -2.38. The van der Waals surface area contributed by atoms with Crippen LogP contribution in [0.25, 0.3) is 11.0 Å². The highest BCUT2D eigenvalue weighted by molar-refractivity contribution is 6.31. The molecule has 2 aromatic heterocycles. The molecule has 0 aliphatic heterocycles. The molecule has 0 aliphatic carbocycles. The molecule has 20 heavy (non-hydrogen) atoms. The van der Waals surface area contributed by atoms with Gasteiger partial charge < -0.3 is 4.74 Å². The minimum absolute atomic E-state index is 0.238. The van der Waals surface area contributed by atoms with E-state index in [0.717, 1.165) is 5.56 Å². The summed E-state index contributed by atoms with van der Waals surface area (Å²) in [7, 11) is 0. The van der Waals surface area contributed by atoms with E-state index >= 15 is 0 Å². The van der Waals surface area contributed by atoms with Crippen LogP contribution in [0.5, 0.6) is 11.6 Å². The number of hydrogen-bond acceptors (Lipinski definition) is 6. The molecule has 0 amide bonds. The lowest BCUT2D eigenvalue weighted by Gasteiger charge is -2.08. The molecule has 0 saturated heterocycles. The average molecular weight is 291 g/mol. The molecule has 3 rings (SSSR count). The lowest BCUT2D eigenvalue weighted by Crippen LogP contribution is -2.10. The number of nitrogens with two attached hydrogens (primary N) is 1. The quantitative estimate of drug-likeness (QED) is 0.506. The number of benzene rings is 1. The normalized spacial score (nSPS) is 10.8. The first-order valence-electron chi connectivity index (χ1n) is 5.79. The monoisotopic (exact) mass is 290 g/mol. The third-order valence-corrected chi connectivity index (χ3v) is 3.17. The van der Waals surface area contributed by atoms with E-state index in [1.165, 1.54) is 0 Å². The number of aromatic amines is 1. The average Bonchev–Trinajstić information content (AvgIpc) is 2.91. The van der Waals surface area contributed by atoms with Crippen LogP contribution in [0.15, 0.2) is 24.4 Å². The van der Waals surface area contributed by atoms with Crippen LogP contribution >= 0.6 is 11.6 Å². The predicted octanol–water partition coefficient (Wildman–Crippen LogP) is 2.39. The molecular weight excluding hydrogens is 280 g/mol. The van der Waals surface area contributed by atoms with Gasteiger partial charge >= 0.3 is 0 Å². The van der Waals surface area contributed by atoms with Gasteiger partial charge in [0.05, 0.1) is 6.20 Å². The molecule has 0 radical (unpaired) electrons. The van der Waals surface area contributed by atoms with Crippen molar-refractivity contribution in [3.63, 3.8) is 0 Å². The summed E-state index contributed by atoms with van der Waals surface area (Å²) < 4.78 is 5.76. The molecule has 3 aromatic rings. The smallest absolute Gasteiger partial charge is 0.242 e. The molecule has 0 atom stereocenters. The molecule has 8 heteroatoms. The summed E-state index contributed by atoms with van der Waals surface area (Å²) in [6, 6.07) is 5.35. The molecule has 0 aliphatic rings. The van der Waals surface area contributed by atoms with Crippen LogP contribution in [-0.2, 0) is 0 Å². The van der Waals surface area contributed by atoms with Crippen LogP contribution < -0.4 is 16.0 Å². The van der Waals surface area contributed by atoms with Gasteiger partial charge in [-0.25, -0.2) is 5.84 Å². The Kier molecular flexibility index (Phi) is 3.13. The van der Waals surface area contributed by atoms with Gasteiger partial charge in [0.25, 0.3) is 0 Å². The number of hydrazine groups is 1. The van der Waals surface area contributed by atoms with Crippen molar-refractivity contribution in [2.45, 2.75) is 6.92 Å². The first-order chi connectivity index (χ1) is 9.67. The Morgan fingerprint density at radius 2 is 2.20 bits per heavy atom. The van der Waals surface area contributed by atoms with Gasteiger partial charge in [-0.1, -0.05) is 11.6 Å². The van der Waals surface area contributed by atoms with Crippen LogP contribution in [0.2, 0.25) is 5.02 Å². The van der Waals surface area contributed by atoms with Crippen molar-refractivity contribution >= 4 is 28.6 Å². The molecule has 0 saturated carbocycles. The topological polar surface area (TPSA) is 102 Å². The fraction of sp³-hybridized carbons (Fsp3) is 0.0833. The van der Waals surface area contributed by atoms with Gasteiger partial charge in [-0.15, -0.1) is 0 Å². The van der Waals surface area contributed by atoms with Gasteiger partial charge in [-0.05, 0) is 30.7 Å². The maximum Gasteiger partial charge on any atom is 0.242 e. The van der Waals surface area contributed by atoms with Crippen LogP contribution in [0, 0.1) is 6.92 Å². The standard InChI is InChI=1S/C12H11ClN6O/c1-6-4-7(2-3-9(6)13)20-11-8-5-15-19-10(8)16-12(17-11)18-14/h2-5H,14H2,1H3,(H2,15,16,17,18,19). The number of aryl methyl sites for hydroxylation is 1. The lowest BCUT2D eigenvalue weighted by atomic mass is 10.2. The zero-order valence-electron chi connectivity index (χ0n) is 10.5. The van der Waals surface area contributed by atoms with Crippen LogP contribution in [0.1, 0.15) is 5.56 Å². The first kappa shape index (κ1) is 12.6. The van der Waals surface area contributed by atoms with Gasteiger partial charge in [0, 0.05) is 5.02 Å². The predicted molar refractivity (Wildman–Crippen MR) is 75.8 cm³/mol. The van der Waals surface area contributed by atoms with E-state index < -0.39 is 0 Å². The molecular formula is C12H11ClN6O. The number of ether oxygens (including phenoxy) is 1. The van der Waals surface area contributed by atoms with Crippen molar-refractivity contribution in [3.05, 3.63) is 35.0 Å². The number of hydrogen-bond donors (Lipinski definition) is 3. The number of fused-ring (bicyclic) bond motifs is 1. The van der Waals surface area contributed by atoms with Gasteiger partial charge in [-0.2, -0.15) is 15.1 Å². The highest BCUT2D eigenvalue weighted by Gasteiger charge is 2.11. The summed E-state index contributed by atoms with van der Waals surface area (Å²) in [4.78, 5) is 8.30. The lowest BCUT2D eigenvalue weighted by molar-refractivity contribution is 0.468. The summed E-state index contributed by atoms with van der Waals surface area (Å²) in [6.07, 6.45) is 1.59. The Labute approximate surface area is 119 Å². The molecule has 4 N–H and O–H groups in total. The minimum Gasteiger partial charge on any atom is -0.438 e. The van der Waals surface area contributed by atoms with Gasteiger partial charge in [0.1, 0.15) is 11.1 Å². The fourth-order valence-electron chi connectivity index (χ4n) is 1.74. The molecule has 0 spiro atoms. The number of anilines is 1. The largest absolute Gasteiger partial charge is 0.438 e. The Morgan fingerprint density at radius 1 is 1.35 bits per heavy atom. The van der Waals surface area contributed by atoms with E-state index in [9.17, 15) is 0 Å². The van der Waals surface area contributed by atoms with Crippen molar-refractivity contribution in [1.29, 1.82) is 0 Å². The van der Waals surface area contributed by atoms with Gasteiger partial charge in [0.15, 0.2) is 5.65 Å². The highest BCUT2D eigenvalue weighted by Crippen LogP contribution is 2.29. The van der Waals surface area contributed by atoms with Crippen molar-refractivity contribution < 1.29 is 4.74 Å². The Balaban J connectivity index is 2.04. The fourth-order valence-corrected chi connectivity index (χ4v) is 1.86. The minimum atomic E-state index is 0.238. The van der Waals surface area contributed by atoms with E-state index in [2.05, 4.69) is 25.6 Å². The summed E-state index contributed by atoms with van der Waals surface area (Å²) in [6.45, 7) is 1.90. The number of rotatable bonds is 3. The number of H-pyrrole nitrogens is 1. The van der Waals surface area contributed by atoms with Crippen molar-refractivity contribution in [2.75, 3.05) is 5.43 Å². The molecule has 2 heterocycles. The zero-order valence-corrected chi connectivity index (χ0v) is 11.3. The Morgan fingerprint density at radius 3 is 2.95 bits per heavy atom. The van der Waals surface area contributed by atoms with E-state index in [1.807, 2.05) is 13.0 Å². The van der Waals surface area contributed by atoms with Crippen LogP contribution in [0.4, 0.5) is 5.95 Å². The number of halogens is 1. The SMILES string of the molecule is Cc1cc(Oc2nc(NN)nc3[nH]ncc23)ccc1Cl. The van der Waals surface area contributed by atoms with E-state index in [-0.39, 0.29) is 5.95 Å². The number of nitrogens with one attached hydrogen (secondary N) is 2. The number of nitrogens with zero attached hydrogens (tertiary/aromatic N) is 3. The summed E-state index contributed by atoms with van der Waals surface area (Å²) >= 11 is 5.99. The highest BCUT2D eigenvalue weighted by atomic mass is 35.5. The Bertz CT molecular complexity index is 772. The maximum atomic E-state index is 5.99. The third-order valence-electron chi connectivity index (χ3n) is 2.75. The van der Waals surface area contributed by atoms with E-state index in [4.69, 9.17) is 22.2 Å². The zero-order chi connectivity index (χ0) is 14.1. The molecule has 7 nitrogen and oxygen atoms in total. The number of nitrogen functional groups attached to an aromatic ring is 1. The van der Waals surface area contributed by atoms with Gasteiger partial charge in [-0.3, -0.25) is 10.5 Å².